The molecule has 2 aromatic carbocycles. The van der Waals surface area contributed by atoms with Crippen molar-refractivity contribution in [3.8, 4) is 11.4 Å². The molecular weight excluding hydrogens is 356 g/mol. The molecule has 0 spiro atoms. The van der Waals surface area contributed by atoms with Crippen LogP contribution in [0.1, 0.15) is 12.6 Å². The number of amides is 1. The summed E-state index contributed by atoms with van der Waals surface area (Å²) >= 11 is 0. The number of carbonyl (C=O) groups excluding carboxylic acids is 1. The van der Waals surface area contributed by atoms with E-state index in [1.807, 2.05) is 44.3 Å². The number of nitrogens with zero attached hydrogens (tertiary/aromatic N) is 2. The molecule has 1 unspecified atom stereocenters. The molecule has 7 nitrogen and oxygen atoms in total. The minimum atomic E-state index is -0.597. The third-order valence-corrected chi connectivity index (χ3v) is 4.67. The van der Waals surface area contributed by atoms with Gasteiger partial charge < -0.3 is 15.4 Å². The number of ether oxygens (including phenoxy) is 1. The van der Waals surface area contributed by atoms with Crippen molar-refractivity contribution in [3.63, 3.8) is 0 Å². The highest BCUT2D eigenvalue weighted by molar-refractivity contribution is 5.96. The van der Waals surface area contributed by atoms with Crippen LogP contribution in [0.15, 0.2) is 59.4 Å². The number of methoxy groups -OCH3 is 1. The molecule has 0 bridgehead atoms. The summed E-state index contributed by atoms with van der Waals surface area (Å²) in [5, 5.41) is 5.89. The van der Waals surface area contributed by atoms with Crippen LogP contribution in [0, 0.1) is 6.92 Å². The molecule has 2 N–H and O–H groups in total. The van der Waals surface area contributed by atoms with E-state index in [4.69, 9.17) is 4.74 Å². The average molecular weight is 380 g/mol. The summed E-state index contributed by atoms with van der Waals surface area (Å²) in [6, 6.07) is 15.9. The zero-order chi connectivity index (χ0) is 20.3. The molecule has 3 rings (SSSR count). The smallest absolute Gasteiger partial charge is 0.295 e. The largest absolute Gasteiger partial charge is 0.497 e. The maximum absolute atomic E-state index is 12.9. The maximum Gasteiger partial charge on any atom is 0.295 e. The molecule has 0 radical (unpaired) electrons. The van der Waals surface area contributed by atoms with Crippen molar-refractivity contribution in [3.05, 3.63) is 70.6 Å². The summed E-state index contributed by atoms with van der Waals surface area (Å²) in [6.07, 6.45) is 0. The lowest BCUT2D eigenvalue weighted by molar-refractivity contribution is -0.116. The Morgan fingerprint density at radius 2 is 1.71 bits per heavy atom. The van der Waals surface area contributed by atoms with E-state index >= 15 is 0 Å². The van der Waals surface area contributed by atoms with Crippen LogP contribution in [-0.4, -0.2) is 28.4 Å². The number of anilines is 2. The molecule has 0 aliphatic heterocycles. The van der Waals surface area contributed by atoms with Crippen LogP contribution in [0.2, 0.25) is 0 Å². The fourth-order valence-electron chi connectivity index (χ4n) is 2.94. The Bertz CT molecular complexity index is 1020. The van der Waals surface area contributed by atoms with Crippen LogP contribution in [0.4, 0.5) is 11.4 Å². The molecule has 0 aliphatic carbocycles. The number of para-hydroxylation sites is 1. The molecule has 1 heterocycles. The normalized spacial score (nSPS) is 11.7. The zero-order valence-corrected chi connectivity index (χ0v) is 16.4. The summed E-state index contributed by atoms with van der Waals surface area (Å²) in [5.74, 6) is 0.477. The first-order valence-corrected chi connectivity index (χ1v) is 8.98. The molecule has 28 heavy (non-hydrogen) atoms. The van der Waals surface area contributed by atoms with Gasteiger partial charge in [-0.25, -0.2) is 4.68 Å². The summed E-state index contributed by atoms with van der Waals surface area (Å²) in [6.45, 7) is 3.56. The highest BCUT2D eigenvalue weighted by atomic mass is 16.5. The molecule has 0 fully saturated rings. The second kappa shape index (κ2) is 8.04. The second-order valence-corrected chi connectivity index (χ2v) is 6.52. The molecule has 3 aromatic rings. The van der Waals surface area contributed by atoms with Gasteiger partial charge in [0.05, 0.1) is 18.5 Å². The minimum absolute atomic E-state index is 0.199. The first-order chi connectivity index (χ1) is 13.4. The Hall–Kier alpha value is -3.48. The first kappa shape index (κ1) is 19.3. The average Bonchev–Trinajstić information content (AvgIpc) is 2.92. The van der Waals surface area contributed by atoms with Crippen molar-refractivity contribution in [1.82, 2.24) is 9.36 Å². The van der Waals surface area contributed by atoms with E-state index in [1.165, 1.54) is 0 Å². The molecule has 1 atom stereocenters. The van der Waals surface area contributed by atoms with Gasteiger partial charge in [0.15, 0.2) is 0 Å². The first-order valence-electron chi connectivity index (χ1n) is 8.98. The van der Waals surface area contributed by atoms with E-state index in [2.05, 4.69) is 10.6 Å². The number of carbonyl (C=O) groups is 1. The Kier molecular flexibility index (Phi) is 5.54. The number of hydrogen-bond acceptors (Lipinski definition) is 4. The van der Waals surface area contributed by atoms with E-state index in [0.717, 1.165) is 11.4 Å². The van der Waals surface area contributed by atoms with Gasteiger partial charge in [0.1, 0.15) is 17.5 Å². The van der Waals surface area contributed by atoms with Crippen molar-refractivity contribution >= 4 is 17.3 Å². The van der Waals surface area contributed by atoms with Crippen molar-refractivity contribution in [2.45, 2.75) is 19.9 Å². The van der Waals surface area contributed by atoms with Gasteiger partial charge in [-0.3, -0.25) is 14.3 Å². The van der Waals surface area contributed by atoms with Crippen LogP contribution in [0.25, 0.3) is 5.69 Å². The topological polar surface area (TPSA) is 77.3 Å². The Morgan fingerprint density at radius 3 is 2.32 bits per heavy atom. The Balaban J connectivity index is 1.79. The van der Waals surface area contributed by atoms with Gasteiger partial charge in [-0.05, 0) is 50.2 Å². The summed E-state index contributed by atoms with van der Waals surface area (Å²) in [4.78, 5) is 25.5. The molecule has 0 saturated carbocycles. The molecule has 146 valence electrons. The van der Waals surface area contributed by atoms with Gasteiger partial charge >= 0.3 is 0 Å². The van der Waals surface area contributed by atoms with Gasteiger partial charge in [-0.2, -0.15) is 0 Å². The summed E-state index contributed by atoms with van der Waals surface area (Å²) in [5.41, 5.74) is 2.38. The molecule has 0 saturated heterocycles. The number of benzene rings is 2. The van der Waals surface area contributed by atoms with Crippen molar-refractivity contribution in [1.29, 1.82) is 0 Å². The molecule has 0 aliphatic rings. The van der Waals surface area contributed by atoms with Crippen molar-refractivity contribution < 1.29 is 9.53 Å². The van der Waals surface area contributed by atoms with Gasteiger partial charge in [0.2, 0.25) is 5.91 Å². The van der Waals surface area contributed by atoms with E-state index in [0.29, 0.717) is 17.1 Å². The van der Waals surface area contributed by atoms with E-state index in [1.54, 1.807) is 47.7 Å². The standard InChI is InChI=1S/C21H24N4O3/c1-14(20(26)23-16-10-12-18(28-4)13-11-16)22-19-15(2)24(3)25(21(19)27)17-8-6-5-7-9-17/h5-14,22H,1-4H3,(H,23,26). The molecule has 1 amide bonds. The lowest BCUT2D eigenvalue weighted by atomic mass is 10.2. The lowest BCUT2D eigenvalue weighted by Crippen LogP contribution is -2.34. The maximum atomic E-state index is 12.9. The SMILES string of the molecule is COc1ccc(NC(=O)C(C)Nc2c(C)n(C)n(-c3ccccc3)c2=O)cc1. The van der Waals surface area contributed by atoms with Crippen LogP contribution in [0.3, 0.4) is 0 Å². The van der Waals surface area contributed by atoms with Crippen LogP contribution >= 0.6 is 0 Å². The van der Waals surface area contributed by atoms with Gasteiger partial charge in [0.25, 0.3) is 5.56 Å². The van der Waals surface area contributed by atoms with Gasteiger partial charge in [0, 0.05) is 12.7 Å². The van der Waals surface area contributed by atoms with Gasteiger partial charge in [-0.15, -0.1) is 0 Å². The summed E-state index contributed by atoms with van der Waals surface area (Å²) in [7, 11) is 3.40. The monoisotopic (exact) mass is 380 g/mol. The van der Waals surface area contributed by atoms with Crippen LogP contribution in [-0.2, 0) is 11.8 Å². The van der Waals surface area contributed by atoms with E-state index in [-0.39, 0.29) is 11.5 Å². The number of nitrogens with one attached hydrogen (secondary N) is 2. The molecule has 7 heteroatoms. The quantitative estimate of drug-likeness (QED) is 0.689. The van der Waals surface area contributed by atoms with Crippen molar-refractivity contribution in [2.75, 3.05) is 17.7 Å². The predicted molar refractivity (Wildman–Crippen MR) is 110 cm³/mol. The van der Waals surface area contributed by atoms with Crippen LogP contribution in [0.5, 0.6) is 5.75 Å². The minimum Gasteiger partial charge on any atom is -0.497 e. The second-order valence-electron chi connectivity index (χ2n) is 6.52. The van der Waals surface area contributed by atoms with Crippen molar-refractivity contribution in [2.24, 2.45) is 7.05 Å². The highest BCUT2D eigenvalue weighted by Crippen LogP contribution is 2.17. The third kappa shape index (κ3) is 3.78. The number of aromatic nitrogens is 2. The van der Waals surface area contributed by atoms with E-state index < -0.39 is 6.04 Å². The van der Waals surface area contributed by atoms with Crippen LogP contribution < -0.4 is 20.9 Å². The Labute approximate surface area is 163 Å². The summed E-state index contributed by atoms with van der Waals surface area (Å²) < 4.78 is 8.46. The van der Waals surface area contributed by atoms with Gasteiger partial charge in [-0.1, -0.05) is 18.2 Å². The fraction of sp³-hybridized carbons (Fsp3) is 0.238. The predicted octanol–water partition coefficient (Wildman–Crippen LogP) is 2.93. The number of rotatable bonds is 6. The lowest BCUT2D eigenvalue weighted by Gasteiger charge is -2.14. The zero-order valence-electron chi connectivity index (χ0n) is 16.4. The third-order valence-electron chi connectivity index (χ3n) is 4.67. The number of hydrogen-bond donors (Lipinski definition) is 2. The Morgan fingerprint density at radius 1 is 1.07 bits per heavy atom. The van der Waals surface area contributed by atoms with E-state index in [9.17, 15) is 9.59 Å². The molecular formula is C21H24N4O3. The molecule has 1 aromatic heterocycles. The fourth-order valence-corrected chi connectivity index (χ4v) is 2.94. The highest BCUT2D eigenvalue weighted by Gasteiger charge is 2.20.